The number of aromatic nitrogens is 3. The Morgan fingerprint density at radius 2 is 2.09 bits per heavy atom. The molecule has 3 aromatic rings. The second-order valence-electron chi connectivity index (χ2n) is 7.10. The number of nitrogens with zero attached hydrogens (tertiary/aromatic N) is 4. The van der Waals surface area contributed by atoms with E-state index < -0.39 is 23.3 Å². The van der Waals surface area contributed by atoms with Gasteiger partial charge in [-0.25, -0.2) is 13.6 Å². The molecular formula is C20H18BrFN4O5S. The number of carbonyl (C=O) groups is 1. The highest BCUT2D eigenvalue weighted by Crippen LogP contribution is 2.39. The Labute approximate surface area is 193 Å². The van der Waals surface area contributed by atoms with E-state index in [0.717, 1.165) is 5.69 Å². The maximum atomic E-state index is 13.1. The third-order valence-corrected chi connectivity index (χ3v) is 6.41. The number of hydrogen-bond acceptors (Lipinski definition) is 5. The Balaban J connectivity index is 1.63. The average molecular weight is 525 g/mol. The molecule has 1 aliphatic rings. The first kappa shape index (κ1) is 22.4. The molecule has 0 saturated carbocycles. The Morgan fingerprint density at radius 1 is 1.34 bits per heavy atom. The van der Waals surface area contributed by atoms with Crippen LogP contribution in [0.2, 0.25) is 0 Å². The molecule has 4 rings (SSSR count). The van der Waals surface area contributed by atoms with Crippen LogP contribution >= 0.6 is 15.9 Å². The summed E-state index contributed by atoms with van der Waals surface area (Å²) in [6.07, 6.45) is 4.89. The topological polar surface area (TPSA) is 118 Å². The molecule has 0 bridgehead atoms. The highest BCUT2D eigenvalue weighted by atomic mass is 79.9. The number of halogens is 2. The number of aliphatic carboxylic acids is 1. The van der Waals surface area contributed by atoms with Crippen LogP contribution in [0.4, 0.5) is 10.1 Å². The maximum Gasteiger partial charge on any atom is 0.325 e. The van der Waals surface area contributed by atoms with E-state index in [-0.39, 0.29) is 18.2 Å². The summed E-state index contributed by atoms with van der Waals surface area (Å²) in [5, 5.41) is 13.3. The highest BCUT2D eigenvalue weighted by molar-refractivity contribution is 9.10. The van der Waals surface area contributed by atoms with Gasteiger partial charge in [-0.3, -0.25) is 18.3 Å². The molecule has 0 saturated heterocycles. The van der Waals surface area contributed by atoms with Crippen LogP contribution in [-0.4, -0.2) is 34.6 Å². The van der Waals surface area contributed by atoms with Crippen molar-refractivity contribution in [3.05, 3.63) is 64.3 Å². The number of rotatable bonds is 7. The average Bonchev–Trinajstić information content (AvgIpc) is 3.14. The molecule has 2 aromatic heterocycles. The van der Waals surface area contributed by atoms with Gasteiger partial charge in [-0.15, -0.1) is 0 Å². The molecule has 12 heteroatoms. The van der Waals surface area contributed by atoms with Crippen molar-refractivity contribution in [3.63, 3.8) is 0 Å². The van der Waals surface area contributed by atoms with E-state index in [2.05, 4.69) is 26.0 Å². The fourth-order valence-electron chi connectivity index (χ4n) is 3.71. The van der Waals surface area contributed by atoms with Crippen molar-refractivity contribution in [2.75, 3.05) is 4.31 Å². The normalized spacial score (nSPS) is 16.3. The van der Waals surface area contributed by atoms with Crippen LogP contribution in [0.25, 0.3) is 0 Å². The molecule has 1 aliphatic carbocycles. The summed E-state index contributed by atoms with van der Waals surface area (Å²) in [6.45, 7) is -0.271. The van der Waals surface area contributed by atoms with E-state index in [1.807, 2.05) is 0 Å². The predicted molar refractivity (Wildman–Crippen MR) is 117 cm³/mol. The lowest BCUT2D eigenvalue weighted by Gasteiger charge is -2.32. The lowest BCUT2D eigenvalue weighted by atomic mass is 9.92. The molecule has 9 nitrogen and oxygen atoms in total. The smallest absolute Gasteiger partial charge is 0.325 e. The first-order valence-electron chi connectivity index (χ1n) is 9.59. The molecule has 2 unspecified atom stereocenters. The molecule has 2 atom stereocenters. The molecule has 168 valence electrons. The minimum Gasteiger partial charge on any atom is -0.480 e. The SMILES string of the molecule is O=C(O)Cn1ncc2c1CCCC2N(c1cnc(Oc2ccc(F)cc2)c(Br)c1)S(=O)O. The molecule has 0 spiro atoms. The van der Waals surface area contributed by atoms with Crippen LogP contribution in [0, 0.1) is 5.82 Å². The highest BCUT2D eigenvalue weighted by Gasteiger charge is 2.33. The quantitative estimate of drug-likeness (QED) is 0.447. The summed E-state index contributed by atoms with van der Waals surface area (Å²) in [6, 6.07) is 6.58. The van der Waals surface area contributed by atoms with Gasteiger partial charge in [0.15, 0.2) is 0 Å². The van der Waals surface area contributed by atoms with Crippen LogP contribution in [-0.2, 0) is 29.0 Å². The van der Waals surface area contributed by atoms with Crippen molar-refractivity contribution in [1.82, 2.24) is 14.8 Å². The Hall–Kier alpha value is -2.83. The monoisotopic (exact) mass is 524 g/mol. The molecule has 0 amide bonds. The molecule has 32 heavy (non-hydrogen) atoms. The molecule has 0 radical (unpaired) electrons. The van der Waals surface area contributed by atoms with Crippen molar-refractivity contribution >= 4 is 38.9 Å². The van der Waals surface area contributed by atoms with Crippen LogP contribution < -0.4 is 9.04 Å². The lowest BCUT2D eigenvalue weighted by Crippen LogP contribution is -2.33. The van der Waals surface area contributed by atoms with Crippen molar-refractivity contribution in [2.45, 2.75) is 31.8 Å². The van der Waals surface area contributed by atoms with Gasteiger partial charge in [-0.2, -0.15) is 5.10 Å². The number of hydrogen-bond donors (Lipinski definition) is 2. The van der Waals surface area contributed by atoms with Crippen molar-refractivity contribution in [3.8, 4) is 11.6 Å². The second kappa shape index (κ2) is 9.35. The van der Waals surface area contributed by atoms with E-state index >= 15 is 0 Å². The van der Waals surface area contributed by atoms with Crippen molar-refractivity contribution in [1.29, 1.82) is 0 Å². The van der Waals surface area contributed by atoms with E-state index in [4.69, 9.17) is 9.84 Å². The Morgan fingerprint density at radius 3 is 2.75 bits per heavy atom. The first-order chi connectivity index (χ1) is 15.3. The number of carboxylic acid groups (broad SMARTS) is 1. The first-order valence-corrected chi connectivity index (χ1v) is 11.4. The van der Waals surface area contributed by atoms with E-state index in [0.29, 0.717) is 40.7 Å². The number of benzene rings is 1. The predicted octanol–water partition coefficient (Wildman–Crippen LogP) is 4.08. The van der Waals surface area contributed by atoms with E-state index in [9.17, 15) is 17.9 Å². The van der Waals surface area contributed by atoms with Gasteiger partial charge < -0.3 is 9.84 Å². The maximum absolute atomic E-state index is 13.1. The number of ether oxygens (including phenoxy) is 1. The molecular weight excluding hydrogens is 507 g/mol. The van der Waals surface area contributed by atoms with Crippen LogP contribution in [0.1, 0.15) is 30.1 Å². The summed E-state index contributed by atoms with van der Waals surface area (Å²) < 4.78 is 44.3. The van der Waals surface area contributed by atoms with Crippen molar-refractivity contribution in [2.24, 2.45) is 0 Å². The van der Waals surface area contributed by atoms with Gasteiger partial charge in [0.05, 0.1) is 28.6 Å². The van der Waals surface area contributed by atoms with Gasteiger partial charge in [0, 0.05) is 11.3 Å². The second-order valence-corrected chi connectivity index (χ2v) is 8.81. The largest absolute Gasteiger partial charge is 0.480 e. The van der Waals surface area contributed by atoms with E-state index in [1.165, 1.54) is 39.4 Å². The fraction of sp³-hybridized carbons (Fsp3) is 0.250. The molecule has 0 aliphatic heterocycles. The summed E-state index contributed by atoms with van der Waals surface area (Å²) in [5.74, 6) is -0.801. The third-order valence-electron chi connectivity index (χ3n) is 5.04. The summed E-state index contributed by atoms with van der Waals surface area (Å²) >= 11 is 0.994. The zero-order valence-electron chi connectivity index (χ0n) is 16.5. The summed E-state index contributed by atoms with van der Waals surface area (Å²) in [5.41, 5.74) is 1.82. The van der Waals surface area contributed by atoms with Crippen LogP contribution in [0.15, 0.2) is 47.2 Å². The lowest BCUT2D eigenvalue weighted by molar-refractivity contribution is -0.137. The molecule has 2 N–H and O–H groups in total. The standard InChI is InChI=1S/C20H18BrFN4O5S/c21-16-8-13(9-23-20(16)31-14-6-4-12(22)5-7-14)26(32(29)30)18-3-1-2-17-15(18)10-24-25(17)11-19(27)28/h4-10,18H,1-3,11H2,(H,27,28)(H,29,30). The number of fused-ring (bicyclic) bond motifs is 1. The van der Waals surface area contributed by atoms with Gasteiger partial charge in [-0.1, -0.05) is 0 Å². The minimum atomic E-state index is -2.38. The summed E-state index contributed by atoms with van der Waals surface area (Å²) in [4.78, 5) is 15.4. The molecule has 1 aromatic carbocycles. The Bertz CT molecular complexity index is 1170. The minimum absolute atomic E-state index is 0.211. The van der Waals surface area contributed by atoms with Gasteiger partial charge in [0.1, 0.15) is 18.1 Å². The van der Waals surface area contributed by atoms with Gasteiger partial charge in [-0.05, 0) is 65.5 Å². The van der Waals surface area contributed by atoms with Crippen LogP contribution in [0.5, 0.6) is 11.6 Å². The molecule has 0 fully saturated rings. The summed E-state index contributed by atoms with van der Waals surface area (Å²) in [7, 11) is 0. The van der Waals surface area contributed by atoms with Gasteiger partial charge >= 0.3 is 5.97 Å². The number of anilines is 1. The number of pyridine rings is 1. The third kappa shape index (κ3) is 4.66. The van der Waals surface area contributed by atoms with Crippen molar-refractivity contribution < 1.29 is 27.8 Å². The number of carboxylic acids is 1. The fourth-order valence-corrected chi connectivity index (χ4v) is 4.84. The van der Waals surface area contributed by atoms with Gasteiger partial charge in [0.2, 0.25) is 5.88 Å². The van der Waals surface area contributed by atoms with Crippen LogP contribution in [0.3, 0.4) is 0 Å². The van der Waals surface area contributed by atoms with Gasteiger partial charge in [0.25, 0.3) is 11.3 Å². The van der Waals surface area contributed by atoms with E-state index in [1.54, 1.807) is 12.3 Å². The zero-order valence-corrected chi connectivity index (χ0v) is 18.9. The zero-order chi connectivity index (χ0) is 22.8. The molecule has 2 heterocycles. The Kier molecular flexibility index (Phi) is 6.53.